The molecule has 0 atom stereocenters. The summed E-state index contributed by atoms with van der Waals surface area (Å²) in [5, 5.41) is 3.94. The molecule has 2 aromatic carbocycles. The van der Waals surface area contributed by atoms with Gasteiger partial charge in [-0.15, -0.1) is 0 Å². The summed E-state index contributed by atoms with van der Waals surface area (Å²) in [6, 6.07) is 9.77. The molecule has 1 N–H and O–H groups in total. The average molecular weight is 350 g/mol. The molecule has 5 nitrogen and oxygen atoms in total. The van der Waals surface area contributed by atoms with Crippen molar-refractivity contribution in [2.75, 3.05) is 20.5 Å². The van der Waals surface area contributed by atoms with Crippen molar-refractivity contribution in [3.8, 4) is 23.0 Å². The van der Waals surface area contributed by atoms with Crippen LogP contribution in [0.5, 0.6) is 23.0 Å². The maximum absolute atomic E-state index is 6.27. The van der Waals surface area contributed by atoms with Gasteiger partial charge in [-0.2, -0.15) is 0 Å². The topological polar surface area (TPSA) is 49.0 Å². The minimum atomic E-state index is 0.288. The molecule has 24 heavy (non-hydrogen) atoms. The number of ether oxygens (including phenoxy) is 4. The van der Waals surface area contributed by atoms with E-state index in [1.807, 2.05) is 37.3 Å². The van der Waals surface area contributed by atoms with Gasteiger partial charge < -0.3 is 24.3 Å². The van der Waals surface area contributed by atoms with E-state index in [1.165, 1.54) is 0 Å². The van der Waals surface area contributed by atoms with E-state index in [9.17, 15) is 0 Å². The van der Waals surface area contributed by atoms with Gasteiger partial charge >= 0.3 is 0 Å². The average Bonchev–Trinajstić information content (AvgIpc) is 3.03. The Kier molecular flexibility index (Phi) is 5.33. The van der Waals surface area contributed by atoms with Gasteiger partial charge in [0.25, 0.3) is 0 Å². The van der Waals surface area contributed by atoms with Crippen LogP contribution in [0.4, 0.5) is 0 Å². The molecule has 0 aromatic heterocycles. The van der Waals surface area contributed by atoms with Crippen LogP contribution in [-0.4, -0.2) is 20.5 Å². The fourth-order valence-corrected chi connectivity index (χ4v) is 2.90. The lowest BCUT2D eigenvalue weighted by Gasteiger charge is -2.13. The van der Waals surface area contributed by atoms with Gasteiger partial charge in [-0.3, -0.25) is 0 Å². The molecule has 0 fully saturated rings. The molecule has 1 aliphatic heterocycles. The number of fused-ring (bicyclic) bond motifs is 1. The summed E-state index contributed by atoms with van der Waals surface area (Å²) in [6.45, 7) is 4.15. The Morgan fingerprint density at radius 3 is 2.67 bits per heavy atom. The number of nitrogens with one attached hydrogen (secondary N) is 1. The fourth-order valence-electron chi connectivity index (χ4n) is 2.59. The number of halogens is 1. The molecule has 0 radical (unpaired) electrons. The Labute approximate surface area is 146 Å². The molecule has 0 saturated carbocycles. The molecule has 1 heterocycles. The molecule has 3 rings (SSSR count). The van der Waals surface area contributed by atoms with E-state index < -0.39 is 0 Å². The highest BCUT2D eigenvalue weighted by atomic mass is 35.5. The summed E-state index contributed by atoms with van der Waals surface area (Å²) in [7, 11) is 1.58. The van der Waals surface area contributed by atoms with Crippen LogP contribution in [0.25, 0.3) is 0 Å². The van der Waals surface area contributed by atoms with Crippen molar-refractivity contribution in [2.24, 2.45) is 0 Å². The molecule has 0 unspecified atom stereocenters. The molecule has 0 bridgehead atoms. The van der Waals surface area contributed by atoms with Crippen LogP contribution in [0, 0.1) is 0 Å². The smallest absolute Gasteiger partial charge is 0.231 e. The standard InChI is InChI=1S/C18H20ClNO4/c1-3-22-17-8-13(6-14(19)18(17)21-2)10-20-9-12-4-5-15-16(7-12)24-11-23-15/h4-8,20H,3,9-11H2,1-2H3. The highest BCUT2D eigenvalue weighted by Crippen LogP contribution is 2.36. The first-order chi connectivity index (χ1) is 11.7. The second-order valence-electron chi connectivity index (χ2n) is 5.33. The van der Waals surface area contributed by atoms with Gasteiger partial charge in [-0.05, 0) is 42.3 Å². The van der Waals surface area contributed by atoms with E-state index in [0.717, 1.165) is 22.6 Å². The van der Waals surface area contributed by atoms with Crippen LogP contribution in [0.1, 0.15) is 18.1 Å². The summed E-state index contributed by atoms with van der Waals surface area (Å²) in [4.78, 5) is 0. The maximum atomic E-state index is 6.27. The summed E-state index contributed by atoms with van der Waals surface area (Å²) in [6.07, 6.45) is 0. The third-order valence-corrected chi connectivity index (χ3v) is 3.95. The normalized spacial score (nSPS) is 12.3. The molecular formula is C18H20ClNO4. The predicted octanol–water partition coefficient (Wildman–Crippen LogP) is 3.77. The van der Waals surface area contributed by atoms with E-state index in [0.29, 0.717) is 36.2 Å². The maximum Gasteiger partial charge on any atom is 0.231 e. The van der Waals surface area contributed by atoms with Crippen LogP contribution in [-0.2, 0) is 13.1 Å². The van der Waals surface area contributed by atoms with Crippen LogP contribution < -0.4 is 24.3 Å². The first-order valence-electron chi connectivity index (χ1n) is 7.79. The van der Waals surface area contributed by atoms with Gasteiger partial charge in [-0.1, -0.05) is 17.7 Å². The van der Waals surface area contributed by atoms with E-state index in [4.69, 9.17) is 30.5 Å². The van der Waals surface area contributed by atoms with Gasteiger partial charge in [0.15, 0.2) is 23.0 Å². The Morgan fingerprint density at radius 2 is 1.88 bits per heavy atom. The zero-order valence-electron chi connectivity index (χ0n) is 13.7. The van der Waals surface area contributed by atoms with E-state index in [2.05, 4.69) is 5.32 Å². The first-order valence-corrected chi connectivity index (χ1v) is 8.17. The highest BCUT2D eigenvalue weighted by molar-refractivity contribution is 6.32. The Balaban J connectivity index is 1.64. The molecule has 2 aromatic rings. The van der Waals surface area contributed by atoms with Crippen molar-refractivity contribution in [1.82, 2.24) is 5.32 Å². The lowest BCUT2D eigenvalue weighted by molar-refractivity contribution is 0.174. The van der Waals surface area contributed by atoms with Gasteiger partial charge in [0.05, 0.1) is 18.7 Å². The van der Waals surface area contributed by atoms with Gasteiger partial charge in [0.2, 0.25) is 6.79 Å². The third-order valence-electron chi connectivity index (χ3n) is 3.67. The zero-order valence-corrected chi connectivity index (χ0v) is 14.5. The van der Waals surface area contributed by atoms with Crippen molar-refractivity contribution in [3.63, 3.8) is 0 Å². The minimum absolute atomic E-state index is 0.288. The first kappa shape index (κ1) is 16.7. The number of rotatable bonds is 7. The predicted molar refractivity (Wildman–Crippen MR) is 92.3 cm³/mol. The lowest BCUT2D eigenvalue weighted by Crippen LogP contribution is -2.13. The van der Waals surface area contributed by atoms with E-state index in [-0.39, 0.29) is 6.79 Å². The van der Waals surface area contributed by atoms with E-state index in [1.54, 1.807) is 7.11 Å². The summed E-state index contributed by atoms with van der Waals surface area (Å²) in [5.41, 5.74) is 2.16. The molecule has 0 aliphatic carbocycles. The lowest BCUT2D eigenvalue weighted by atomic mass is 10.1. The van der Waals surface area contributed by atoms with Crippen LogP contribution >= 0.6 is 11.6 Å². The Hall–Kier alpha value is -2.11. The molecule has 1 aliphatic rings. The van der Waals surface area contributed by atoms with Crippen molar-refractivity contribution in [1.29, 1.82) is 0 Å². The molecule has 6 heteroatoms. The van der Waals surface area contributed by atoms with Crippen molar-refractivity contribution >= 4 is 11.6 Å². The SMILES string of the molecule is CCOc1cc(CNCc2ccc3c(c2)OCO3)cc(Cl)c1OC. The molecule has 0 amide bonds. The number of hydrogen-bond acceptors (Lipinski definition) is 5. The largest absolute Gasteiger partial charge is 0.491 e. The Morgan fingerprint density at radius 1 is 1.08 bits per heavy atom. The molecular weight excluding hydrogens is 330 g/mol. The van der Waals surface area contributed by atoms with Gasteiger partial charge in [0, 0.05) is 13.1 Å². The van der Waals surface area contributed by atoms with Crippen LogP contribution in [0.2, 0.25) is 5.02 Å². The quantitative estimate of drug-likeness (QED) is 0.824. The van der Waals surface area contributed by atoms with Gasteiger partial charge in [-0.25, -0.2) is 0 Å². The van der Waals surface area contributed by atoms with E-state index >= 15 is 0 Å². The summed E-state index contributed by atoms with van der Waals surface area (Å²) >= 11 is 6.27. The summed E-state index contributed by atoms with van der Waals surface area (Å²) < 4.78 is 21.6. The van der Waals surface area contributed by atoms with Crippen molar-refractivity contribution in [2.45, 2.75) is 20.0 Å². The summed E-state index contributed by atoms with van der Waals surface area (Å²) in [5.74, 6) is 2.81. The van der Waals surface area contributed by atoms with Crippen LogP contribution in [0.15, 0.2) is 30.3 Å². The minimum Gasteiger partial charge on any atom is -0.491 e. The second kappa shape index (κ2) is 7.64. The number of methoxy groups -OCH3 is 1. The Bertz CT molecular complexity index is 720. The molecule has 0 spiro atoms. The third kappa shape index (κ3) is 3.68. The molecule has 128 valence electrons. The van der Waals surface area contributed by atoms with Crippen molar-refractivity contribution < 1.29 is 18.9 Å². The highest BCUT2D eigenvalue weighted by Gasteiger charge is 2.14. The van der Waals surface area contributed by atoms with Crippen molar-refractivity contribution in [3.05, 3.63) is 46.5 Å². The second-order valence-corrected chi connectivity index (χ2v) is 5.74. The van der Waals surface area contributed by atoms with Gasteiger partial charge in [0.1, 0.15) is 0 Å². The molecule has 0 saturated heterocycles. The number of hydrogen-bond donors (Lipinski definition) is 1. The van der Waals surface area contributed by atoms with Crippen LogP contribution in [0.3, 0.4) is 0 Å². The number of benzene rings is 2. The fraction of sp³-hybridized carbons (Fsp3) is 0.333. The monoisotopic (exact) mass is 349 g/mol. The zero-order chi connectivity index (χ0) is 16.9.